The molecule has 2 aromatic rings. The van der Waals surface area contributed by atoms with Gasteiger partial charge in [-0.3, -0.25) is 4.79 Å². The van der Waals surface area contributed by atoms with Gasteiger partial charge in [0, 0.05) is 14.9 Å². The number of hydrogen-bond acceptors (Lipinski definition) is 2. The van der Waals surface area contributed by atoms with Crippen molar-refractivity contribution in [2.75, 3.05) is 5.75 Å². The Hall–Kier alpha value is -1.16. The largest absolute Gasteiger partial charge is 0.349 e. The van der Waals surface area contributed by atoms with Crippen molar-refractivity contribution in [2.24, 2.45) is 0 Å². The van der Waals surface area contributed by atoms with Crippen molar-refractivity contribution >= 4 is 40.9 Å². The zero-order chi connectivity index (χ0) is 15.2. The Labute approximate surface area is 138 Å². The summed E-state index contributed by atoms with van der Waals surface area (Å²) in [4.78, 5) is 13.1. The maximum Gasteiger partial charge on any atom is 0.230 e. The van der Waals surface area contributed by atoms with E-state index in [4.69, 9.17) is 23.2 Å². The number of carbonyl (C=O) groups is 1. The maximum absolute atomic E-state index is 12.0. The third-order valence-corrected chi connectivity index (χ3v) is 4.49. The van der Waals surface area contributed by atoms with E-state index < -0.39 is 0 Å². The molecule has 0 saturated carbocycles. The number of rotatable bonds is 5. The lowest BCUT2D eigenvalue weighted by atomic mass is 10.1. The second kappa shape index (κ2) is 7.74. The van der Waals surface area contributed by atoms with Gasteiger partial charge in [-0.15, -0.1) is 11.8 Å². The average Bonchev–Trinajstić information content (AvgIpc) is 2.46. The monoisotopic (exact) mass is 339 g/mol. The van der Waals surface area contributed by atoms with Gasteiger partial charge in [0.1, 0.15) is 0 Å². The summed E-state index contributed by atoms with van der Waals surface area (Å²) < 4.78 is 0. The fourth-order valence-corrected chi connectivity index (χ4v) is 3.18. The van der Waals surface area contributed by atoms with Crippen LogP contribution in [0.25, 0.3) is 0 Å². The molecule has 0 saturated heterocycles. The average molecular weight is 340 g/mol. The first-order chi connectivity index (χ1) is 10.1. The highest BCUT2D eigenvalue weighted by atomic mass is 35.5. The molecule has 1 N–H and O–H groups in total. The lowest BCUT2D eigenvalue weighted by Crippen LogP contribution is -2.28. The molecule has 1 atom stereocenters. The fourth-order valence-electron chi connectivity index (χ4n) is 1.88. The predicted octanol–water partition coefficient (Wildman–Crippen LogP) is 4.96. The van der Waals surface area contributed by atoms with Crippen molar-refractivity contribution in [3.05, 3.63) is 64.1 Å². The van der Waals surface area contributed by atoms with E-state index in [1.54, 1.807) is 12.1 Å². The minimum Gasteiger partial charge on any atom is -0.349 e. The fraction of sp³-hybridized carbons (Fsp3) is 0.188. The Morgan fingerprint density at radius 3 is 2.57 bits per heavy atom. The Balaban J connectivity index is 1.90. The van der Waals surface area contributed by atoms with Crippen LogP contribution in [0.3, 0.4) is 0 Å². The van der Waals surface area contributed by atoms with E-state index in [9.17, 15) is 4.79 Å². The molecule has 110 valence electrons. The van der Waals surface area contributed by atoms with E-state index >= 15 is 0 Å². The first-order valence-electron chi connectivity index (χ1n) is 6.48. The van der Waals surface area contributed by atoms with Gasteiger partial charge in [0.2, 0.25) is 5.91 Å². The predicted molar refractivity (Wildman–Crippen MR) is 90.2 cm³/mol. The maximum atomic E-state index is 12.0. The van der Waals surface area contributed by atoms with Crippen LogP contribution in [0.1, 0.15) is 18.5 Å². The van der Waals surface area contributed by atoms with Gasteiger partial charge in [0.15, 0.2) is 0 Å². The molecule has 2 aromatic carbocycles. The smallest absolute Gasteiger partial charge is 0.230 e. The Morgan fingerprint density at radius 2 is 1.90 bits per heavy atom. The first-order valence-corrected chi connectivity index (χ1v) is 8.22. The van der Waals surface area contributed by atoms with E-state index in [1.807, 2.05) is 43.3 Å². The molecule has 21 heavy (non-hydrogen) atoms. The summed E-state index contributed by atoms with van der Waals surface area (Å²) in [6.45, 7) is 1.90. The third kappa shape index (κ3) is 4.95. The van der Waals surface area contributed by atoms with Crippen molar-refractivity contribution in [2.45, 2.75) is 17.9 Å². The van der Waals surface area contributed by atoms with Crippen LogP contribution in [0.2, 0.25) is 10.0 Å². The molecule has 0 spiro atoms. The van der Waals surface area contributed by atoms with Gasteiger partial charge in [-0.25, -0.2) is 0 Å². The number of thioether (sulfide) groups is 1. The van der Waals surface area contributed by atoms with Crippen molar-refractivity contribution in [1.82, 2.24) is 5.32 Å². The van der Waals surface area contributed by atoms with Gasteiger partial charge >= 0.3 is 0 Å². The van der Waals surface area contributed by atoms with Gasteiger partial charge in [-0.2, -0.15) is 0 Å². The lowest BCUT2D eigenvalue weighted by Gasteiger charge is -2.16. The molecule has 0 aliphatic rings. The number of carbonyl (C=O) groups excluding carboxylic acids is 1. The summed E-state index contributed by atoms with van der Waals surface area (Å²) >= 11 is 13.5. The van der Waals surface area contributed by atoms with Crippen LogP contribution < -0.4 is 5.32 Å². The van der Waals surface area contributed by atoms with Crippen molar-refractivity contribution in [3.8, 4) is 0 Å². The van der Waals surface area contributed by atoms with Crippen molar-refractivity contribution in [1.29, 1.82) is 0 Å². The molecule has 0 aliphatic carbocycles. The second-order valence-corrected chi connectivity index (χ2v) is 6.45. The number of benzene rings is 2. The molecule has 1 amide bonds. The molecule has 0 bridgehead atoms. The highest BCUT2D eigenvalue weighted by Gasteiger charge is 2.13. The summed E-state index contributed by atoms with van der Waals surface area (Å²) in [7, 11) is 0. The zero-order valence-electron chi connectivity index (χ0n) is 11.5. The Bertz CT molecular complexity index is 619. The molecular weight excluding hydrogens is 325 g/mol. The molecule has 0 aromatic heterocycles. The number of nitrogens with one attached hydrogen (secondary N) is 1. The first kappa shape index (κ1) is 16.2. The molecule has 0 fully saturated rings. The molecule has 5 heteroatoms. The lowest BCUT2D eigenvalue weighted by molar-refractivity contribution is -0.119. The molecule has 0 heterocycles. The van der Waals surface area contributed by atoms with Crippen molar-refractivity contribution in [3.63, 3.8) is 0 Å². The van der Waals surface area contributed by atoms with E-state index in [0.29, 0.717) is 15.8 Å². The minimum absolute atomic E-state index is 0.0256. The summed E-state index contributed by atoms with van der Waals surface area (Å²) in [5.74, 6) is 0.349. The molecule has 1 unspecified atom stereocenters. The number of halogens is 2. The van der Waals surface area contributed by atoms with Crippen LogP contribution >= 0.6 is 35.0 Å². The summed E-state index contributed by atoms with van der Waals surface area (Å²) in [6, 6.07) is 15.0. The van der Waals surface area contributed by atoms with Crippen LogP contribution in [-0.4, -0.2) is 11.7 Å². The highest BCUT2D eigenvalue weighted by molar-refractivity contribution is 8.00. The van der Waals surface area contributed by atoms with Crippen LogP contribution in [0.4, 0.5) is 0 Å². The van der Waals surface area contributed by atoms with Gasteiger partial charge in [0.25, 0.3) is 0 Å². The van der Waals surface area contributed by atoms with Gasteiger partial charge in [-0.1, -0.05) is 47.5 Å². The van der Waals surface area contributed by atoms with Crippen molar-refractivity contribution < 1.29 is 4.79 Å². The normalized spacial score (nSPS) is 12.0. The highest BCUT2D eigenvalue weighted by Crippen LogP contribution is 2.26. The SMILES string of the molecule is CC(NC(=O)CSc1ccccc1)c1ccc(Cl)cc1Cl. The molecule has 0 radical (unpaired) electrons. The van der Waals surface area contributed by atoms with E-state index in [-0.39, 0.29) is 11.9 Å². The van der Waals surface area contributed by atoms with Gasteiger partial charge in [0.05, 0.1) is 11.8 Å². The quantitative estimate of drug-likeness (QED) is 0.779. The summed E-state index contributed by atoms with van der Waals surface area (Å²) in [5.41, 5.74) is 0.860. The van der Waals surface area contributed by atoms with E-state index in [0.717, 1.165) is 10.5 Å². The Morgan fingerprint density at radius 1 is 1.19 bits per heavy atom. The zero-order valence-corrected chi connectivity index (χ0v) is 13.8. The van der Waals surface area contributed by atoms with Crippen LogP contribution in [0.15, 0.2) is 53.4 Å². The standard InChI is InChI=1S/C16H15Cl2NOS/c1-11(14-8-7-12(17)9-15(14)18)19-16(20)10-21-13-5-3-2-4-6-13/h2-9,11H,10H2,1H3,(H,19,20). The van der Waals surface area contributed by atoms with Gasteiger partial charge < -0.3 is 5.32 Å². The third-order valence-electron chi connectivity index (χ3n) is 2.92. The van der Waals surface area contributed by atoms with Crippen LogP contribution in [-0.2, 0) is 4.79 Å². The van der Waals surface area contributed by atoms with E-state index in [1.165, 1.54) is 11.8 Å². The summed E-state index contributed by atoms with van der Waals surface area (Å²) in [5, 5.41) is 4.09. The molecule has 2 rings (SSSR count). The molecule has 0 aliphatic heterocycles. The molecular formula is C16H15Cl2NOS. The topological polar surface area (TPSA) is 29.1 Å². The Kier molecular flexibility index (Phi) is 5.97. The van der Waals surface area contributed by atoms with Crippen LogP contribution in [0, 0.1) is 0 Å². The second-order valence-electron chi connectivity index (χ2n) is 4.56. The van der Waals surface area contributed by atoms with Gasteiger partial charge in [-0.05, 0) is 36.8 Å². The molecule has 2 nitrogen and oxygen atoms in total. The number of hydrogen-bond donors (Lipinski definition) is 1. The minimum atomic E-state index is -0.154. The van der Waals surface area contributed by atoms with E-state index in [2.05, 4.69) is 5.32 Å². The number of amides is 1. The van der Waals surface area contributed by atoms with Crippen LogP contribution in [0.5, 0.6) is 0 Å². The summed E-state index contributed by atoms with van der Waals surface area (Å²) in [6.07, 6.45) is 0.